The minimum absolute atomic E-state index is 0.631. The summed E-state index contributed by atoms with van der Waals surface area (Å²) in [6, 6.07) is 54.0. The first-order valence-corrected chi connectivity index (χ1v) is 14.7. The van der Waals surface area contributed by atoms with E-state index in [9.17, 15) is 0 Å². The van der Waals surface area contributed by atoms with E-state index in [0.717, 1.165) is 50.0 Å². The summed E-state index contributed by atoms with van der Waals surface area (Å²) in [5.41, 5.74) is 7.99. The van der Waals surface area contributed by atoms with Crippen LogP contribution in [-0.2, 0) is 0 Å². The molecule has 4 heteroatoms. The van der Waals surface area contributed by atoms with Crippen molar-refractivity contribution in [3.05, 3.63) is 158 Å². The molecule has 0 atom stereocenters. The summed E-state index contributed by atoms with van der Waals surface area (Å²) in [6.45, 7) is 0. The number of aromatic nitrogens is 4. The van der Waals surface area contributed by atoms with Gasteiger partial charge in [-0.05, 0) is 40.1 Å². The molecule has 6 aromatic carbocycles. The maximum atomic E-state index is 5.12. The van der Waals surface area contributed by atoms with Gasteiger partial charge in [0.15, 0.2) is 17.5 Å². The second-order valence-corrected chi connectivity index (χ2v) is 10.7. The highest BCUT2D eigenvalue weighted by atomic mass is 15.0. The van der Waals surface area contributed by atoms with Crippen LogP contribution in [-0.4, -0.2) is 19.9 Å². The van der Waals surface area contributed by atoms with E-state index in [-0.39, 0.29) is 0 Å². The van der Waals surface area contributed by atoms with Crippen molar-refractivity contribution in [1.29, 1.82) is 0 Å². The van der Waals surface area contributed by atoms with Crippen LogP contribution < -0.4 is 0 Å². The molecule has 0 amide bonds. The molecular weight excluding hydrogens is 536 g/mol. The topological polar surface area (TPSA) is 51.6 Å². The van der Waals surface area contributed by atoms with Crippen molar-refractivity contribution in [1.82, 2.24) is 19.9 Å². The Morgan fingerprint density at radius 1 is 0.341 bits per heavy atom. The summed E-state index contributed by atoms with van der Waals surface area (Å²) < 4.78 is 0. The van der Waals surface area contributed by atoms with Crippen molar-refractivity contribution in [2.24, 2.45) is 0 Å². The minimum atomic E-state index is 0.631. The summed E-state index contributed by atoms with van der Waals surface area (Å²) in [6.07, 6.45) is 0. The second kappa shape index (κ2) is 11.0. The largest absolute Gasteiger partial charge is 0.248 e. The average molecular weight is 563 g/mol. The third kappa shape index (κ3) is 4.79. The van der Waals surface area contributed by atoms with Gasteiger partial charge in [-0.2, -0.15) is 0 Å². The van der Waals surface area contributed by atoms with Gasteiger partial charge in [-0.1, -0.05) is 140 Å². The number of hydrogen-bond donors (Lipinski definition) is 0. The van der Waals surface area contributed by atoms with Gasteiger partial charge in [0.25, 0.3) is 0 Å². The molecule has 0 aliphatic heterocycles. The van der Waals surface area contributed by atoms with Crippen molar-refractivity contribution in [3.8, 4) is 56.5 Å². The van der Waals surface area contributed by atoms with Crippen LogP contribution in [0.2, 0.25) is 0 Å². The van der Waals surface area contributed by atoms with Crippen LogP contribution in [0.4, 0.5) is 0 Å². The van der Waals surface area contributed by atoms with Crippen LogP contribution in [0.5, 0.6) is 0 Å². The smallest absolute Gasteiger partial charge is 0.164 e. The van der Waals surface area contributed by atoms with Crippen LogP contribution in [0.1, 0.15) is 0 Å². The standard InChI is InChI=1S/C40H26N4/c1-4-14-28(15-5-1)36-26-34(37-33-22-11-10-13-27(33)23-24-35(37)41-36)31-20-12-21-32(25-31)40-43-38(29-16-6-2-7-17-29)42-39(44-40)30-18-8-3-9-19-30/h1-26H. The lowest BCUT2D eigenvalue weighted by atomic mass is 9.93. The molecule has 206 valence electrons. The first kappa shape index (κ1) is 25.7. The van der Waals surface area contributed by atoms with E-state index in [4.69, 9.17) is 19.9 Å². The molecule has 0 saturated heterocycles. The van der Waals surface area contributed by atoms with E-state index in [1.165, 1.54) is 10.8 Å². The molecule has 0 spiro atoms. The lowest BCUT2D eigenvalue weighted by Gasteiger charge is -2.14. The number of nitrogens with zero attached hydrogens (tertiary/aromatic N) is 4. The maximum absolute atomic E-state index is 5.12. The van der Waals surface area contributed by atoms with E-state index in [2.05, 4.69) is 91.0 Å². The highest BCUT2D eigenvalue weighted by molar-refractivity contribution is 6.14. The fraction of sp³-hybridized carbons (Fsp3) is 0. The molecule has 4 nitrogen and oxygen atoms in total. The fourth-order valence-corrected chi connectivity index (χ4v) is 5.76. The van der Waals surface area contributed by atoms with Gasteiger partial charge < -0.3 is 0 Å². The molecule has 2 heterocycles. The lowest BCUT2D eigenvalue weighted by molar-refractivity contribution is 1.07. The average Bonchev–Trinajstić information content (AvgIpc) is 3.12. The summed E-state index contributed by atoms with van der Waals surface area (Å²) >= 11 is 0. The molecule has 0 N–H and O–H groups in total. The number of fused-ring (bicyclic) bond motifs is 3. The Hall–Kier alpha value is -6.00. The zero-order chi connectivity index (χ0) is 29.3. The SMILES string of the molecule is c1ccc(-c2cc(-c3cccc(-c4nc(-c5ccccc5)nc(-c5ccccc5)n4)c3)c3c(ccc4ccccc43)n2)cc1. The number of pyridine rings is 1. The van der Waals surface area contributed by atoms with Gasteiger partial charge in [-0.15, -0.1) is 0 Å². The predicted octanol–water partition coefficient (Wildman–Crippen LogP) is 9.91. The van der Waals surface area contributed by atoms with E-state index in [0.29, 0.717) is 17.5 Å². The molecule has 0 aliphatic rings. The Morgan fingerprint density at radius 2 is 0.864 bits per heavy atom. The molecular formula is C40H26N4. The maximum Gasteiger partial charge on any atom is 0.164 e. The molecule has 0 fully saturated rings. The van der Waals surface area contributed by atoms with E-state index in [1.54, 1.807) is 0 Å². The molecule has 0 saturated carbocycles. The van der Waals surface area contributed by atoms with Gasteiger partial charge in [-0.25, -0.2) is 19.9 Å². The van der Waals surface area contributed by atoms with Gasteiger partial charge in [0, 0.05) is 27.6 Å². The first-order valence-electron chi connectivity index (χ1n) is 14.7. The molecule has 0 aliphatic carbocycles. The lowest BCUT2D eigenvalue weighted by Crippen LogP contribution is -2.00. The molecule has 0 unspecified atom stereocenters. The highest BCUT2D eigenvalue weighted by Gasteiger charge is 2.16. The van der Waals surface area contributed by atoms with Crippen LogP contribution >= 0.6 is 0 Å². The molecule has 8 rings (SSSR count). The summed E-state index contributed by atoms with van der Waals surface area (Å²) in [4.78, 5) is 19.9. The molecule has 44 heavy (non-hydrogen) atoms. The van der Waals surface area contributed by atoms with E-state index >= 15 is 0 Å². The van der Waals surface area contributed by atoms with Crippen molar-refractivity contribution in [2.45, 2.75) is 0 Å². The van der Waals surface area contributed by atoms with Crippen LogP contribution in [0, 0.1) is 0 Å². The van der Waals surface area contributed by atoms with Crippen LogP contribution in [0.15, 0.2) is 158 Å². The van der Waals surface area contributed by atoms with E-state index in [1.807, 2.05) is 66.7 Å². The van der Waals surface area contributed by atoms with Gasteiger partial charge in [0.05, 0.1) is 11.2 Å². The Bertz CT molecular complexity index is 2210. The van der Waals surface area contributed by atoms with Crippen molar-refractivity contribution < 1.29 is 0 Å². The second-order valence-electron chi connectivity index (χ2n) is 10.7. The molecule has 0 radical (unpaired) electrons. The van der Waals surface area contributed by atoms with Gasteiger partial charge in [0.1, 0.15) is 0 Å². The Morgan fingerprint density at radius 3 is 1.52 bits per heavy atom. The minimum Gasteiger partial charge on any atom is -0.248 e. The zero-order valence-electron chi connectivity index (χ0n) is 23.8. The summed E-state index contributed by atoms with van der Waals surface area (Å²) in [5.74, 6) is 1.92. The number of rotatable bonds is 5. The monoisotopic (exact) mass is 562 g/mol. The highest BCUT2D eigenvalue weighted by Crippen LogP contribution is 2.38. The summed E-state index contributed by atoms with van der Waals surface area (Å²) in [5, 5.41) is 3.49. The molecule has 2 aromatic heterocycles. The predicted molar refractivity (Wildman–Crippen MR) is 180 cm³/mol. The van der Waals surface area contributed by atoms with Gasteiger partial charge in [0.2, 0.25) is 0 Å². The van der Waals surface area contributed by atoms with Crippen molar-refractivity contribution >= 4 is 21.7 Å². The Kier molecular flexibility index (Phi) is 6.43. The Balaban J connectivity index is 1.35. The van der Waals surface area contributed by atoms with Gasteiger partial charge in [-0.3, -0.25) is 0 Å². The molecule has 0 bridgehead atoms. The quantitative estimate of drug-likeness (QED) is 0.196. The van der Waals surface area contributed by atoms with Crippen molar-refractivity contribution in [2.75, 3.05) is 0 Å². The molecule has 8 aromatic rings. The first-order chi connectivity index (χ1) is 21.8. The summed E-state index contributed by atoms with van der Waals surface area (Å²) in [7, 11) is 0. The third-order valence-corrected chi connectivity index (χ3v) is 7.90. The normalized spacial score (nSPS) is 11.2. The van der Waals surface area contributed by atoms with Crippen LogP contribution in [0.25, 0.3) is 78.2 Å². The third-order valence-electron chi connectivity index (χ3n) is 7.90. The fourth-order valence-electron chi connectivity index (χ4n) is 5.76. The van der Waals surface area contributed by atoms with Crippen molar-refractivity contribution in [3.63, 3.8) is 0 Å². The van der Waals surface area contributed by atoms with E-state index < -0.39 is 0 Å². The van der Waals surface area contributed by atoms with Crippen LogP contribution in [0.3, 0.4) is 0 Å². The number of benzene rings is 6. The Labute approximate surface area is 255 Å². The van der Waals surface area contributed by atoms with Gasteiger partial charge >= 0.3 is 0 Å². The number of hydrogen-bond acceptors (Lipinski definition) is 4. The zero-order valence-corrected chi connectivity index (χ0v) is 23.8.